The smallest absolute Gasteiger partial charge is 0.378 e. The first-order valence-corrected chi connectivity index (χ1v) is 10.9. The van der Waals surface area contributed by atoms with E-state index >= 15 is 0 Å². The fourth-order valence-corrected chi connectivity index (χ4v) is 3.60. The number of carbonyl (C=O) groups excluding carboxylic acids is 2. The number of hydrogen-bond donors (Lipinski definition) is 2. The Kier molecular flexibility index (Phi) is 7.31. The van der Waals surface area contributed by atoms with E-state index in [4.69, 9.17) is 4.74 Å². The number of hydrogen-bond acceptors (Lipinski definition) is 5. The van der Waals surface area contributed by atoms with Gasteiger partial charge in [0.1, 0.15) is 5.82 Å². The van der Waals surface area contributed by atoms with E-state index in [1.807, 2.05) is 0 Å². The topological polar surface area (TPSA) is 83.6 Å². The van der Waals surface area contributed by atoms with Crippen molar-refractivity contribution in [2.24, 2.45) is 0 Å². The van der Waals surface area contributed by atoms with Crippen LogP contribution in [0.1, 0.15) is 21.5 Å². The third-order valence-electron chi connectivity index (χ3n) is 5.44. The van der Waals surface area contributed by atoms with Crippen LogP contribution in [0.2, 0.25) is 0 Å². The molecule has 1 aliphatic rings. The van der Waals surface area contributed by atoms with Gasteiger partial charge >= 0.3 is 6.18 Å². The summed E-state index contributed by atoms with van der Waals surface area (Å²) in [7, 11) is 0. The predicted molar refractivity (Wildman–Crippen MR) is 124 cm³/mol. The Morgan fingerprint density at radius 1 is 0.971 bits per heavy atom. The molecule has 1 aromatic heterocycles. The van der Waals surface area contributed by atoms with E-state index in [1.165, 1.54) is 24.4 Å². The molecule has 1 aliphatic heterocycles. The van der Waals surface area contributed by atoms with Crippen LogP contribution in [-0.4, -0.2) is 48.0 Å². The number of nitrogens with zero attached hydrogens (tertiary/aromatic N) is 2. The third-order valence-corrected chi connectivity index (χ3v) is 5.44. The molecule has 2 amide bonds. The Labute approximate surface area is 199 Å². The lowest BCUT2D eigenvalue weighted by molar-refractivity contribution is -0.137. The third kappa shape index (κ3) is 6.36. The van der Waals surface area contributed by atoms with Crippen molar-refractivity contribution in [1.29, 1.82) is 0 Å². The molecule has 4 rings (SSSR count). The lowest BCUT2D eigenvalue weighted by Gasteiger charge is -2.26. The number of pyridine rings is 1. The van der Waals surface area contributed by atoms with Crippen molar-refractivity contribution in [3.8, 4) is 0 Å². The highest BCUT2D eigenvalue weighted by atomic mass is 19.4. The van der Waals surface area contributed by atoms with Gasteiger partial charge < -0.3 is 20.3 Å². The van der Waals surface area contributed by atoms with Gasteiger partial charge in [-0.2, -0.15) is 13.2 Å². The number of rotatable bonds is 6. The summed E-state index contributed by atoms with van der Waals surface area (Å²) in [6.07, 6.45) is -2.80. The van der Waals surface area contributed by atoms with Crippen molar-refractivity contribution < 1.29 is 27.5 Å². The van der Waals surface area contributed by atoms with Gasteiger partial charge in [-0.15, -0.1) is 0 Å². The molecule has 1 fully saturated rings. The quantitative estimate of drug-likeness (QED) is 0.539. The largest absolute Gasteiger partial charge is 0.416 e. The van der Waals surface area contributed by atoms with Crippen LogP contribution >= 0.6 is 0 Å². The van der Waals surface area contributed by atoms with E-state index in [0.717, 1.165) is 17.7 Å². The summed E-state index contributed by atoms with van der Waals surface area (Å²) in [4.78, 5) is 31.2. The number of aromatic nitrogens is 1. The summed E-state index contributed by atoms with van der Waals surface area (Å²) < 4.78 is 44.3. The Morgan fingerprint density at radius 3 is 2.43 bits per heavy atom. The van der Waals surface area contributed by atoms with Crippen LogP contribution in [0, 0.1) is 0 Å². The molecule has 0 saturated carbocycles. The van der Waals surface area contributed by atoms with Crippen LogP contribution < -0.4 is 10.6 Å². The van der Waals surface area contributed by atoms with Crippen LogP contribution in [0.3, 0.4) is 0 Å². The summed E-state index contributed by atoms with van der Waals surface area (Å²) in [5.41, 5.74) is 0.828. The summed E-state index contributed by atoms with van der Waals surface area (Å²) in [5.74, 6) is -0.340. The number of alkyl halides is 3. The van der Waals surface area contributed by atoms with Gasteiger partial charge in [-0.25, -0.2) is 4.98 Å². The molecule has 2 heterocycles. The van der Waals surface area contributed by atoms with E-state index in [0.29, 0.717) is 32.0 Å². The fraction of sp³-hybridized carbons (Fsp3) is 0.240. The second-order valence-corrected chi connectivity index (χ2v) is 7.92. The van der Waals surface area contributed by atoms with Crippen molar-refractivity contribution in [3.63, 3.8) is 0 Å². The second-order valence-electron chi connectivity index (χ2n) is 7.92. The molecule has 3 aromatic rings. The van der Waals surface area contributed by atoms with E-state index in [-0.39, 0.29) is 29.4 Å². The normalized spacial score (nSPS) is 13.9. The first-order valence-electron chi connectivity index (χ1n) is 10.9. The highest BCUT2D eigenvalue weighted by molar-refractivity contribution is 6.07. The molecule has 10 heteroatoms. The van der Waals surface area contributed by atoms with Gasteiger partial charge in [0.2, 0.25) is 5.91 Å². The number of morpholine rings is 1. The minimum atomic E-state index is -4.49. The lowest BCUT2D eigenvalue weighted by Crippen LogP contribution is -2.41. The zero-order valence-corrected chi connectivity index (χ0v) is 18.6. The maximum atomic E-state index is 13.0. The minimum Gasteiger partial charge on any atom is -0.378 e. The molecule has 182 valence electrons. The Bertz CT molecular complexity index is 1190. The molecular weight excluding hydrogens is 461 g/mol. The van der Waals surface area contributed by atoms with Crippen molar-refractivity contribution in [1.82, 2.24) is 9.88 Å². The zero-order chi connectivity index (χ0) is 24.8. The lowest BCUT2D eigenvalue weighted by atomic mass is 10.1. The Morgan fingerprint density at radius 2 is 1.71 bits per heavy atom. The summed E-state index contributed by atoms with van der Waals surface area (Å²) in [5, 5.41) is 5.54. The molecule has 1 saturated heterocycles. The van der Waals surface area contributed by atoms with Crippen molar-refractivity contribution >= 4 is 29.0 Å². The number of nitrogens with one attached hydrogen (secondary N) is 2. The maximum absolute atomic E-state index is 13.0. The highest BCUT2D eigenvalue weighted by Crippen LogP contribution is 2.31. The highest BCUT2D eigenvalue weighted by Gasteiger charge is 2.30. The second kappa shape index (κ2) is 10.6. The number of ether oxygens (including phenoxy) is 1. The number of benzene rings is 2. The van der Waals surface area contributed by atoms with Gasteiger partial charge in [0.05, 0.1) is 30.8 Å². The van der Waals surface area contributed by atoms with Crippen LogP contribution in [-0.2, 0) is 22.1 Å². The van der Waals surface area contributed by atoms with Gasteiger partial charge in [0.25, 0.3) is 5.91 Å². The van der Waals surface area contributed by atoms with Crippen molar-refractivity contribution in [2.45, 2.75) is 12.6 Å². The standard InChI is InChI=1S/C25H23F3N4O3/c26-25(27,28)18-3-1-4-20(16-18)30-23-21(5-2-10-29-23)24(34)31-19-8-6-17(7-9-19)15-22(33)32-11-13-35-14-12-32/h1-10,16H,11-15H2,(H,29,30)(H,31,34). The first-order chi connectivity index (χ1) is 16.8. The number of halogens is 3. The predicted octanol–water partition coefficient (Wildman–Crippen LogP) is 4.50. The number of amides is 2. The van der Waals surface area contributed by atoms with Crippen LogP contribution in [0.5, 0.6) is 0 Å². The SMILES string of the molecule is O=C(Nc1ccc(CC(=O)N2CCOCC2)cc1)c1cccnc1Nc1cccc(C(F)(F)F)c1. The molecule has 35 heavy (non-hydrogen) atoms. The molecule has 0 unspecified atom stereocenters. The number of anilines is 3. The van der Waals surface area contributed by atoms with Gasteiger partial charge in [0.15, 0.2) is 0 Å². The van der Waals surface area contributed by atoms with Gasteiger partial charge in [-0.3, -0.25) is 9.59 Å². The average Bonchev–Trinajstić information content (AvgIpc) is 2.86. The molecule has 2 N–H and O–H groups in total. The molecule has 0 radical (unpaired) electrons. The fourth-order valence-electron chi connectivity index (χ4n) is 3.60. The Hall–Kier alpha value is -3.92. The van der Waals surface area contributed by atoms with Gasteiger partial charge in [-0.1, -0.05) is 18.2 Å². The van der Waals surface area contributed by atoms with E-state index < -0.39 is 17.6 Å². The van der Waals surface area contributed by atoms with Crippen LogP contribution in [0.15, 0.2) is 66.9 Å². The molecular formula is C25H23F3N4O3. The molecule has 7 nitrogen and oxygen atoms in total. The van der Waals surface area contributed by atoms with Gasteiger partial charge in [-0.05, 0) is 48.0 Å². The zero-order valence-electron chi connectivity index (χ0n) is 18.6. The van der Waals surface area contributed by atoms with E-state index in [2.05, 4.69) is 15.6 Å². The molecule has 0 atom stereocenters. The summed E-state index contributed by atoms with van der Waals surface area (Å²) in [6, 6.07) is 14.6. The minimum absolute atomic E-state index is 0.0192. The Balaban J connectivity index is 1.42. The number of carbonyl (C=O) groups is 2. The molecule has 2 aromatic carbocycles. The van der Waals surface area contributed by atoms with Crippen molar-refractivity contribution in [2.75, 3.05) is 36.9 Å². The first kappa shape index (κ1) is 24.2. The van der Waals surface area contributed by atoms with E-state index in [1.54, 1.807) is 35.2 Å². The van der Waals surface area contributed by atoms with Gasteiger partial charge in [0, 0.05) is 30.7 Å². The monoisotopic (exact) mass is 484 g/mol. The van der Waals surface area contributed by atoms with E-state index in [9.17, 15) is 22.8 Å². The van der Waals surface area contributed by atoms with Crippen molar-refractivity contribution in [3.05, 3.63) is 83.6 Å². The average molecular weight is 484 g/mol. The summed E-state index contributed by atoms with van der Waals surface area (Å²) in [6.45, 7) is 2.23. The molecule has 0 aliphatic carbocycles. The van der Waals surface area contributed by atoms with Crippen LogP contribution in [0.4, 0.5) is 30.4 Å². The maximum Gasteiger partial charge on any atom is 0.416 e. The molecule has 0 bridgehead atoms. The summed E-state index contributed by atoms with van der Waals surface area (Å²) >= 11 is 0. The molecule has 0 spiro atoms. The van der Waals surface area contributed by atoms with Crippen LogP contribution in [0.25, 0.3) is 0 Å².